The van der Waals surface area contributed by atoms with Gasteiger partial charge in [0.1, 0.15) is 0 Å². The molecule has 0 radical (unpaired) electrons. The maximum atomic E-state index is 2.54. The zero-order valence-corrected chi connectivity index (χ0v) is 11.6. The van der Waals surface area contributed by atoms with Crippen LogP contribution in [0.2, 0.25) is 0 Å². The van der Waals surface area contributed by atoms with Crippen molar-refractivity contribution in [3.8, 4) is 0 Å². The predicted molar refractivity (Wildman–Crippen MR) is 77.0 cm³/mol. The number of hydrogen-bond donors (Lipinski definition) is 0. The van der Waals surface area contributed by atoms with E-state index in [1.54, 1.807) is 5.69 Å². The first-order valence-corrected chi connectivity index (χ1v) is 6.88. The number of aromatic nitrogens is 1. The SMILES string of the molecule is Cc1c2n(c3ccccc13)CCC(CN(C)C)C2. The van der Waals surface area contributed by atoms with E-state index in [9.17, 15) is 0 Å². The number of aryl methyl sites for hydroxylation is 2. The van der Waals surface area contributed by atoms with E-state index < -0.39 is 0 Å². The van der Waals surface area contributed by atoms with Crippen LogP contribution in [0.15, 0.2) is 24.3 Å². The molecular weight excluding hydrogens is 220 g/mol. The highest BCUT2D eigenvalue weighted by atomic mass is 15.1. The van der Waals surface area contributed by atoms with Gasteiger partial charge < -0.3 is 9.47 Å². The van der Waals surface area contributed by atoms with Crippen molar-refractivity contribution in [1.29, 1.82) is 0 Å². The minimum atomic E-state index is 0.815. The molecule has 2 heteroatoms. The van der Waals surface area contributed by atoms with E-state index in [1.165, 1.54) is 42.4 Å². The second-order valence-electron chi connectivity index (χ2n) is 5.86. The zero-order chi connectivity index (χ0) is 12.7. The number of rotatable bonds is 2. The Labute approximate surface area is 109 Å². The van der Waals surface area contributed by atoms with Gasteiger partial charge in [0.15, 0.2) is 0 Å². The summed E-state index contributed by atoms with van der Waals surface area (Å²) >= 11 is 0. The van der Waals surface area contributed by atoms with Crippen molar-refractivity contribution >= 4 is 10.9 Å². The van der Waals surface area contributed by atoms with Crippen molar-refractivity contribution in [2.75, 3.05) is 20.6 Å². The quantitative estimate of drug-likeness (QED) is 0.785. The number of hydrogen-bond acceptors (Lipinski definition) is 1. The molecule has 2 heterocycles. The molecule has 96 valence electrons. The van der Waals surface area contributed by atoms with Gasteiger partial charge in [0.05, 0.1) is 0 Å². The Hall–Kier alpha value is -1.28. The summed E-state index contributed by atoms with van der Waals surface area (Å²) in [6.45, 7) is 4.68. The Balaban J connectivity index is 2.01. The molecule has 0 spiro atoms. The first kappa shape index (κ1) is 11.8. The minimum absolute atomic E-state index is 0.815. The van der Waals surface area contributed by atoms with Gasteiger partial charge in [0, 0.05) is 29.7 Å². The highest BCUT2D eigenvalue weighted by Crippen LogP contribution is 2.32. The van der Waals surface area contributed by atoms with Crippen LogP contribution in [-0.2, 0) is 13.0 Å². The number of benzene rings is 1. The standard InChI is InChI=1S/C16H22N2/c1-12-14-6-4-5-7-15(14)18-9-8-13(10-16(12)18)11-17(2)3/h4-7,13H,8-11H2,1-3H3. The molecule has 0 fully saturated rings. The molecular formula is C16H22N2. The maximum Gasteiger partial charge on any atom is 0.0485 e. The van der Waals surface area contributed by atoms with E-state index in [-0.39, 0.29) is 0 Å². The molecule has 3 rings (SSSR count). The van der Waals surface area contributed by atoms with E-state index in [0.29, 0.717) is 0 Å². The summed E-state index contributed by atoms with van der Waals surface area (Å²) < 4.78 is 2.54. The molecule has 0 saturated heterocycles. The lowest BCUT2D eigenvalue weighted by molar-refractivity contribution is 0.281. The average molecular weight is 242 g/mol. The van der Waals surface area contributed by atoms with Gasteiger partial charge in [0.25, 0.3) is 0 Å². The van der Waals surface area contributed by atoms with E-state index in [0.717, 1.165) is 5.92 Å². The third-order valence-electron chi connectivity index (χ3n) is 4.22. The van der Waals surface area contributed by atoms with E-state index in [4.69, 9.17) is 0 Å². The molecule has 0 aliphatic carbocycles. The van der Waals surface area contributed by atoms with Gasteiger partial charge in [-0.25, -0.2) is 0 Å². The maximum absolute atomic E-state index is 2.54. The lowest BCUT2D eigenvalue weighted by Gasteiger charge is -2.27. The molecule has 0 N–H and O–H groups in total. The molecule has 1 aliphatic rings. The fourth-order valence-corrected chi connectivity index (χ4v) is 3.41. The summed E-state index contributed by atoms with van der Waals surface area (Å²) in [7, 11) is 4.36. The predicted octanol–water partition coefficient (Wildman–Crippen LogP) is 3.07. The van der Waals surface area contributed by atoms with Crippen LogP contribution in [0.4, 0.5) is 0 Å². The smallest absolute Gasteiger partial charge is 0.0485 e. The lowest BCUT2D eigenvalue weighted by Crippen LogP contribution is -2.28. The molecule has 0 bridgehead atoms. The van der Waals surface area contributed by atoms with Crippen LogP contribution in [0, 0.1) is 12.8 Å². The van der Waals surface area contributed by atoms with Gasteiger partial charge in [-0.15, -0.1) is 0 Å². The Morgan fingerprint density at radius 2 is 2.06 bits per heavy atom. The third-order valence-corrected chi connectivity index (χ3v) is 4.22. The molecule has 2 aromatic rings. The van der Waals surface area contributed by atoms with E-state index in [2.05, 4.69) is 54.8 Å². The zero-order valence-electron chi connectivity index (χ0n) is 11.6. The van der Waals surface area contributed by atoms with Crippen LogP contribution < -0.4 is 0 Å². The summed E-state index contributed by atoms with van der Waals surface area (Å²) in [6, 6.07) is 8.83. The second kappa shape index (κ2) is 4.43. The Morgan fingerprint density at radius 1 is 1.28 bits per heavy atom. The molecule has 0 amide bonds. The van der Waals surface area contributed by atoms with Crippen LogP contribution in [0.1, 0.15) is 17.7 Å². The molecule has 1 aromatic heterocycles. The number of nitrogens with zero attached hydrogens (tertiary/aromatic N) is 2. The second-order valence-corrected chi connectivity index (χ2v) is 5.86. The van der Waals surface area contributed by atoms with Crippen molar-refractivity contribution in [3.63, 3.8) is 0 Å². The Morgan fingerprint density at radius 3 is 2.83 bits per heavy atom. The fourth-order valence-electron chi connectivity index (χ4n) is 3.41. The highest BCUT2D eigenvalue weighted by molar-refractivity contribution is 5.85. The monoisotopic (exact) mass is 242 g/mol. The summed E-state index contributed by atoms with van der Waals surface area (Å²) in [4.78, 5) is 2.32. The number of fused-ring (bicyclic) bond motifs is 3. The summed E-state index contributed by atoms with van der Waals surface area (Å²) in [6.07, 6.45) is 2.54. The Bertz CT molecular complexity index is 566. The van der Waals surface area contributed by atoms with Crippen LogP contribution in [-0.4, -0.2) is 30.1 Å². The summed E-state index contributed by atoms with van der Waals surface area (Å²) in [5, 5.41) is 1.44. The summed E-state index contributed by atoms with van der Waals surface area (Å²) in [5.41, 5.74) is 4.48. The van der Waals surface area contributed by atoms with Gasteiger partial charge >= 0.3 is 0 Å². The normalized spacial score (nSPS) is 19.4. The van der Waals surface area contributed by atoms with Crippen molar-refractivity contribution in [2.24, 2.45) is 5.92 Å². The fraction of sp³-hybridized carbons (Fsp3) is 0.500. The van der Waals surface area contributed by atoms with E-state index in [1.807, 2.05) is 0 Å². The molecule has 2 nitrogen and oxygen atoms in total. The van der Waals surface area contributed by atoms with Crippen LogP contribution >= 0.6 is 0 Å². The molecule has 1 atom stereocenters. The first-order valence-electron chi connectivity index (χ1n) is 6.88. The van der Waals surface area contributed by atoms with Gasteiger partial charge in [-0.3, -0.25) is 0 Å². The van der Waals surface area contributed by atoms with Gasteiger partial charge in [0.2, 0.25) is 0 Å². The van der Waals surface area contributed by atoms with Crippen LogP contribution in [0.5, 0.6) is 0 Å². The van der Waals surface area contributed by atoms with Gasteiger partial charge in [-0.1, -0.05) is 18.2 Å². The van der Waals surface area contributed by atoms with Crippen molar-refractivity contribution in [3.05, 3.63) is 35.5 Å². The topological polar surface area (TPSA) is 8.17 Å². The van der Waals surface area contributed by atoms with Gasteiger partial charge in [-0.05, 0) is 51.4 Å². The van der Waals surface area contributed by atoms with Crippen LogP contribution in [0.25, 0.3) is 10.9 Å². The average Bonchev–Trinajstić information content (AvgIpc) is 2.63. The third kappa shape index (κ3) is 1.85. The largest absolute Gasteiger partial charge is 0.344 e. The highest BCUT2D eigenvalue weighted by Gasteiger charge is 2.23. The number of para-hydroxylation sites is 1. The molecule has 0 saturated carbocycles. The van der Waals surface area contributed by atoms with Crippen LogP contribution in [0.3, 0.4) is 0 Å². The van der Waals surface area contributed by atoms with Crippen molar-refractivity contribution in [2.45, 2.75) is 26.3 Å². The molecule has 1 unspecified atom stereocenters. The molecule has 1 aromatic carbocycles. The first-order chi connectivity index (χ1) is 8.66. The van der Waals surface area contributed by atoms with Gasteiger partial charge in [-0.2, -0.15) is 0 Å². The van der Waals surface area contributed by atoms with Crippen molar-refractivity contribution < 1.29 is 0 Å². The Kier molecular flexibility index (Phi) is 2.90. The van der Waals surface area contributed by atoms with Crippen molar-refractivity contribution in [1.82, 2.24) is 9.47 Å². The molecule has 1 aliphatic heterocycles. The minimum Gasteiger partial charge on any atom is -0.344 e. The lowest BCUT2D eigenvalue weighted by atomic mass is 9.94. The molecule has 18 heavy (non-hydrogen) atoms. The summed E-state index contributed by atoms with van der Waals surface area (Å²) in [5.74, 6) is 0.815. The van der Waals surface area contributed by atoms with E-state index >= 15 is 0 Å².